The van der Waals surface area contributed by atoms with Crippen molar-refractivity contribution in [2.24, 2.45) is 5.92 Å². The lowest BCUT2D eigenvalue weighted by Gasteiger charge is -2.43. The van der Waals surface area contributed by atoms with E-state index in [1.54, 1.807) is 24.9 Å². The number of anilines is 1. The van der Waals surface area contributed by atoms with Gasteiger partial charge in [0.05, 0.1) is 11.8 Å². The Labute approximate surface area is 220 Å². The monoisotopic (exact) mass is 532 g/mol. The Morgan fingerprint density at radius 1 is 1.27 bits per heavy atom. The first kappa shape index (κ1) is 27.7. The van der Waals surface area contributed by atoms with Crippen molar-refractivity contribution in [3.8, 4) is 5.75 Å². The fourth-order valence-corrected chi connectivity index (χ4v) is 7.78. The Morgan fingerprint density at radius 2 is 2.05 bits per heavy atom. The van der Waals surface area contributed by atoms with Crippen molar-refractivity contribution in [2.45, 2.75) is 89.3 Å². The second kappa shape index (κ2) is 12.0. The highest BCUT2D eigenvalue weighted by Gasteiger charge is 2.47. The zero-order valence-corrected chi connectivity index (χ0v) is 23.5. The summed E-state index contributed by atoms with van der Waals surface area (Å²) in [5, 5.41) is 17.4. The number of ether oxygens (including phenoxy) is 2. The van der Waals surface area contributed by atoms with Gasteiger partial charge >= 0.3 is 0 Å². The van der Waals surface area contributed by atoms with Gasteiger partial charge in [-0.2, -0.15) is 0 Å². The van der Waals surface area contributed by atoms with Gasteiger partial charge in [-0.05, 0) is 50.6 Å². The average Bonchev–Trinajstić information content (AvgIpc) is 3.29. The van der Waals surface area contributed by atoms with Crippen molar-refractivity contribution in [2.75, 3.05) is 25.2 Å². The van der Waals surface area contributed by atoms with E-state index >= 15 is 4.11 Å². The number of methoxy groups -OCH3 is 1. The molecule has 1 saturated heterocycles. The second-order valence-corrected chi connectivity index (χ2v) is 14.8. The van der Waals surface area contributed by atoms with Crippen LogP contribution in [0.15, 0.2) is 24.4 Å². The van der Waals surface area contributed by atoms with Crippen LogP contribution in [-0.2, 0) is 22.5 Å². The molecule has 2 aromatic rings. The van der Waals surface area contributed by atoms with Crippen molar-refractivity contribution >= 4 is 20.0 Å². The number of carbonyl (C=O) groups is 1. The van der Waals surface area contributed by atoms with Gasteiger partial charge in [0.15, 0.2) is 0 Å². The molecule has 204 valence electrons. The molecule has 3 heterocycles. The molecule has 37 heavy (non-hydrogen) atoms. The van der Waals surface area contributed by atoms with Crippen LogP contribution >= 0.6 is 0 Å². The molecule has 8 nitrogen and oxygen atoms in total. The summed E-state index contributed by atoms with van der Waals surface area (Å²) in [4.78, 5) is 14.7. The zero-order valence-electron chi connectivity index (χ0n) is 22.5. The molecule has 4 rings (SSSR count). The van der Waals surface area contributed by atoms with Crippen molar-refractivity contribution in [3.63, 3.8) is 0 Å². The van der Waals surface area contributed by atoms with Crippen LogP contribution in [0.5, 0.6) is 5.75 Å². The molecule has 1 unspecified atom stereocenters. The van der Waals surface area contributed by atoms with Crippen molar-refractivity contribution in [1.82, 2.24) is 15.0 Å². The fourth-order valence-electron chi connectivity index (χ4n) is 5.81. The van der Waals surface area contributed by atoms with Crippen LogP contribution < -0.4 is 9.64 Å². The van der Waals surface area contributed by atoms with Gasteiger partial charge in [0.1, 0.15) is 11.9 Å². The molecule has 0 bridgehead atoms. The van der Waals surface area contributed by atoms with Crippen LogP contribution in [0.4, 0.5) is 9.80 Å². The number of hydrogen-bond acceptors (Lipinski definition) is 6. The number of benzene rings is 1. The van der Waals surface area contributed by atoms with Crippen LogP contribution in [0.25, 0.3) is 0 Å². The Kier molecular flexibility index (Phi) is 9.02. The topological polar surface area (TPSA) is 89.7 Å². The van der Waals surface area contributed by atoms with Crippen LogP contribution in [-0.4, -0.2) is 60.8 Å². The van der Waals surface area contributed by atoms with Gasteiger partial charge < -0.3 is 23.6 Å². The van der Waals surface area contributed by atoms with Gasteiger partial charge in [-0.25, -0.2) is 0 Å². The fraction of sp³-hybridized carbons (Fsp3) is 0.667. The van der Waals surface area contributed by atoms with E-state index in [0.29, 0.717) is 31.6 Å². The first-order valence-electron chi connectivity index (χ1n) is 13.6. The zero-order chi connectivity index (χ0) is 26.6. The lowest BCUT2D eigenvalue weighted by Crippen LogP contribution is -2.46. The molecule has 0 aliphatic carbocycles. The predicted molar refractivity (Wildman–Crippen MR) is 143 cm³/mol. The molecule has 1 aromatic carbocycles. The van der Waals surface area contributed by atoms with Crippen molar-refractivity contribution in [3.05, 3.63) is 35.7 Å². The summed E-state index contributed by atoms with van der Waals surface area (Å²) in [6.45, 7) is 6.81. The Bertz CT molecular complexity index is 1060. The van der Waals surface area contributed by atoms with Crippen molar-refractivity contribution < 1.29 is 23.5 Å². The number of fused-ring (bicyclic) bond motifs is 1. The summed E-state index contributed by atoms with van der Waals surface area (Å²) in [5.74, 6) is 0.785. The maximum absolute atomic E-state index is 15.8. The smallest absolute Gasteiger partial charge is 0.247 e. The van der Waals surface area contributed by atoms with Gasteiger partial charge in [0.2, 0.25) is 14.3 Å². The highest BCUT2D eigenvalue weighted by Crippen LogP contribution is 2.48. The second-order valence-electron chi connectivity index (χ2n) is 10.9. The molecular weight excluding hydrogens is 491 g/mol. The van der Waals surface area contributed by atoms with Gasteiger partial charge in [-0.3, -0.25) is 9.48 Å². The molecule has 2 aliphatic rings. The Balaban J connectivity index is 1.57. The first-order valence-corrected chi connectivity index (χ1v) is 16.5. The normalized spacial score (nSPS) is 23.7. The number of amides is 1. The van der Waals surface area contributed by atoms with E-state index in [0.717, 1.165) is 49.2 Å². The number of hydrogen-bond donors (Lipinski definition) is 1. The SMILES string of the molecule is CO[C@H]1c2cc(N3CCCCCCC3=O)ccc2O[C@@H](C(CCn2cc(CCO)nn2)[Si](C)(C)F)[C@@H]1C. The summed E-state index contributed by atoms with van der Waals surface area (Å²) >= 11 is 0. The summed E-state index contributed by atoms with van der Waals surface area (Å²) in [6, 6.07) is 5.90. The van der Waals surface area contributed by atoms with Gasteiger partial charge in [0.25, 0.3) is 0 Å². The molecule has 1 N–H and O–H groups in total. The summed E-state index contributed by atoms with van der Waals surface area (Å²) < 4.78 is 30.0. The Hall–Kier alpha value is -2.30. The van der Waals surface area contributed by atoms with E-state index in [1.807, 2.05) is 29.3 Å². The Morgan fingerprint density at radius 3 is 2.78 bits per heavy atom. The van der Waals surface area contributed by atoms with Gasteiger partial charge in [-0.15, -0.1) is 5.10 Å². The third-order valence-electron chi connectivity index (χ3n) is 7.85. The molecule has 0 spiro atoms. The summed E-state index contributed by atoms with van der Waals surface area (Å²) in [6.07, 6.45) is 6.97. The number of aromatic nitrogens is 3. The number of aliphatic hydroxyl groups excluding tert-OH is 1. The number of rotatable bonds is 9. The molecule has 1 amide bonds. The molecule has 0 saturated carbocycles. The third kappa shape index (κ3) is 6.41. The minimum atomic E-state index is -3.13. The van der Waals surface area contributed by atoms with Gasteiger partial charge in [-0.1, -0.05) is 25.0 Å². The lowest BCUT2D eigenvalue weighted by molar-refractivity contribution is -0.118. The molecule has 1 fully saturated rings. The van der Waals surface area contributed by atoms with Crippen molar-refractivity contribution in [1.29, 1.82) is 0 Å². The summed E-state index contributed by atoms with van der Waals surface area (Å²) in [7, 11) is -1.45. The maximum atomic E-state index is 15.8. The predicted octanol–water partition coefficient (Wildman–Crippen LogP) is 4.83. The number of nitrogens with zero attached hydrogens (tertiary/aromatic N) is 4. The quantitative estimate of drug-likeness (QED) is 0.368. The number of aryl methyl sites for hydroxylation is 1. The lowest BCUT2D eigenvalue weighted by atomic mass is 9.86. The van der Waals surface area contributed by atoms with E-state index in [-0.39, 0.29) is 36.2 Å². The first-order chi connectivity index (χ1) is 17.7. The van der Waals surface area contributed by atoms with E-state index in [4.69, 9.17) is 14.6 Å². The van der Waals surface area contributed by atoms with E-state index in [2.05, 4.69) is 17.2 Å². The highest BCUT2D eigenvalue weighted by molar-refractivity contribution is 6.72. The van der Waals surface area contributed by atoms with E-state index in [9.17, 15) is 4.79 Å². The average molecular weight is 533 g/mol. The molecule has 2 aliphatic heterocycles. The number of aliphatic hydroxyl groups is 1. The molecule has 1 aromatic heterocycles. The molecule has 10 heteroatoms. The highest BCUT2D eigenvalue weighted by atomic mass is 28.4. The number of carbonyl (C=O) groups excluding carboxylic acids is 1. The van der Waals surface area contributed by atoms with E-state index in [1.165, 1.54) is 0 Å². The standard InChI is InChI=1S/C27H41FN4O4Si/c1-19-26(35-2)22-17-21(32-14-8-6-5-7-9-25(32)34)10-11-23(22)36-27(19)24(37(3,4)28)12-15-31-18-20(13-16-33)29-30-31/h10-11,17-19,24,26-27,33H,5-9,12-16H2,1-4H3/t19-,24?,26-,27-/m1/s1. The summed E-state index contributed by atoms with van der Waals surface area (Å²) in [5.41, 5.74) is 2.24. The number of halogens is 1. The molecule has 0 radical (unpaired) electrons. The maximum Gasteiger partial charge on any atom is 0.247 e. The van der Waals surface area contributed by atoms with Crippen LogP contribution in [0.2, 0.25) is 18.6 Å². The largest absolute Gasteiger partial charge is 0.490 e. The minimum absolute atomic E-state index is 0.0185. The molecular formula is C27H41FN4O4Si. The van der Waals surface area contributed by atoms with Crippen LogP contribution in [0, 0.1) is 5.92 Å². The van der Waals surface area contributed by atoms with E-state index < -0.39 is 8.41 Å². The van der Waals surface area contributed by atoms with Gasteiger partial charge in [0, 0.05) is 68.6 Å². The van der Waals surface area contributed by atoms with Crippen LogP contribution in [0.1, 0.15) is 62.8 Å². The molecule has 4 atom stereocenters. The minimum Gasteiger partial charge on any atom is -0.490 e. The van der Waals surface area contributed by atoms with Crippen LogP contribution in [0.3, 0.4) is 0 Å². The third-order valence-corrected chi connectivity index (χ3v) is 10.2.